The van der Waals surface area contributed by atoms with E-state index in [-0.39, 0.29) is 5.91 Å². The van der Waals surface area contributed by atoms with Gasteiger partial charge in [0, 0.05) is 22.5 Å². The first-order valence-corrected chi connectivity index (χ1v) is 9.88. The van der Waals surface area contributed by atoms with Gasteiger partial charge in [-0.3, -0.25) is 4.79 Å². The monoisotopic (exact) mass is 394 g/mol. The number of nitrogens with one attached hydrogen (secondary N) is 2. The van der Waals surface area contributed by atoms with Crippen LogP contribution in [-0.2, 0) is 6.54 Å². The van der Waals surface area contributed by atoms with Crippen molar-refractivity contribution >= 4 is 16.8 Å². The maximum atomic E-state index is 12.9. The van der Waals surface area contributed by atoms with Crippen molar-refractivity contribution in [1.82, 2.24) is 9.88 Å². The molecule has 0 aliphatic carbocycles. The van der Waals surface area contributed by atoms with Crippen molar-refractivity contribution in [2.75, 3.05) is 40.1 Å². The first-order chi connectivity index (χ1) is 14.2. The van der Waals surface area contributed by atoms with Crippen LogP contribution in [0.1, 0.15) is 16.1 Å². The average Bonchev–Trinajstić information content (AvgIpc) is 3.39. The Morgan fingerprint density at radius 3 is 2.76 bits per heavy atom. The van der Waals surface area contributed by atoms with Gasteiger partial charge >= 0.3 is 0 Å². The van der Waals surface area contributed by atoms with Crippen molar-refractivity contribution in [2.24, 2.45) is 0 Å². The fourth-order valence-electron chi connectivity index (χ4n) is 4.06. The Kier molecular flexibility index (Phi) is 4.52. The van der Waals surface area contributed by atoms with Gasteiger partial charge in [-0.05, 0) is 36.4 Å². The lowest BCUT2D eigenvalue weighted by Crippen LogP contribution is -3.13. The molecule has 7 heteroatoms. The molecule has 29 heavy (non-hydrogen) atoms. The molecule has 0 radical (unpaired) electrons. The number of carbonyl (C=O) groups is 1. The Balaban J connectivity index is 1.21. The van der Waals surface area contributed by atoms with Crippen molar-refractivity contribution in [3.05, 3.63) is 53.7 Å². The highest BCUT2D eigenvalue weighted by Gasteiger charge is 2.26. The van der Waals surface area contributed by atoms with Crippen molar-refractivity contribution in [3.63, 3.8) is 0 Å². The number of H-pyrrole nitrogens is 1. The maximum absolute atomic E-state index is 12.9. The Labute approximate surface area is 168 Å². The van der Waals surface area contributed by atoms with Gasteiger partial charge in [-0.1, -0.05) is 0 Å². The molecule has 1 amide bonds. The molecule has 0 saturated carbocycles. The standard InChI is InChI=1S/C22H23N3O4/c1-27-17-4-3-16-11-19(23-18(16)12-17)22(26)25-8-6-24(7-9-25)13-15-2-5-20-21(10-15)29-14-28-20/h2-5,10-12,23H,6-9,13-14H2,1H3/p+1. The van der Waals surface area contributed by atoms with Gasteiger partial charge in [0.2, 0.25) is 6.79 Å². The molecule has 1 saturated heterocycles. The third-order valence-corrected chi connectivity index (χ3v) is 5.71. The number of nitrogens with zero attached hydrogens (tertiary/aromatic N) is 1. The SMILES string of the molecule is COc1ccc2cc(C(=O)N3CC[NH+](Cc4ccc5c(c4)OCO5)CC3)[nH]c2c1. The van der Waals surface area contributed by atoms with Crippen LogP contribution in [-0.4, -0.2) is 55.9 Å². The molecule has 0 bridgehead atoms. The Morgan fingerprint density at radius 1 is 1.10 bits per heavy atom. The first-order valence-electron chi connectivity index (χ1n) is 9.88. The number of aromatic amines is 1. The number of piperazine rings is 1. The van der Waals surface area contributed by atoms with Gasteiger partial charge in [0.15, 0.2) is 11.5 Å². The lowest BCUT2D eigenvalue weighted by atomic mass is 10.1. The summed E-state index contributed by atoms with van der Waals surface area (Å²) in [6.07, 6.45) is 0. The summed E-state index contributed by atoms with van der Waals surface area (Å²) in [7, 11) is 1.64. The van der Waals surface area contributed by atoms with Gasteiger partial charge in [-0.15, -0.1) is 0 Å². The van der Waals surface area contributed by atoms with Gasteiger partial charge in [0.1, 0.15) is 18.0 Å². The highest BCUT2D eigenvalue weighted by Crippen LogP contribution is 2.32. The van der Waals surface area contributed by atoms with Gasteiger partial charge < -0.3 is 29.0 Å². The van der Waals surface area contributed by atoms with Gasteiger partial charge in [0.25, 0.3) is 5.91 Å². The van der Waals surface area contributed by atoms with E-state index in [0.717, 1.165) is 60.9 Å². The predicted octanol–water partition coefficient (Wildman–Crippen LogP) is 1.45. The first kappa shape index (κ1) is 17.9. The highest BCUT2D eigenvalue weighted by atomic mass is 16.7. The summed E-state index contributed by atoms with van der Waals surface area (Å²) in [5.74, 6) is 2.47. The molecule has 7 nitrogen and oxygen atoms in total. The summed E-state index contributed by atoms with van der Waals surface area (Å²) in [5, 5.41) is 1.02. The minimum Gasteiger partial charge on any atom is -0.497 e. The number of fused-ring (bicyclic) bond motifs is 2. The number of aromatic nitrogens is 1. The number of amides is 1. The molecular weight excluding hydrogens is 370 g/mol. The van der Waals surface area contributed by atoms with E-state index in [0.29, 0.717) is 12.5 Å². The lowest BCUT2D eigenvalue weighted by molar-refractivity contribution is -0.917. The number of quaternary nitrogens is 1. The number of hydrogen-bond acceptors (Lipinski definition) is 4. The zero-order chi connectivity index (χ0) is 19.8. The number of ether oxygens (including phenoxy) is 3. The van der Waals surface area contributed by atoms with E-state index < -0.39 is 0 Å². The molecule has 0 unspecified atom stereocenters. The fourth-order valence-corrected chi connectivity index (χ4v) is 4.06. The van der Waals surface area contributed by atoms with Crippen LogP contribution in [0.4, 0.5) is 0 Å². The number of benzene rings is 2. The summed E-state index contributed by atoms with van der Waals surface area (Å²) < 4.78 is 16.1. The molecule has 2 aromatic carbocycles. The van der Waals surface area contributed by atoms with Crippen LogP contribution in [0.5, 0.6) is 17.2 Å². The molecule has 150 valence electrons. The molecule has 2 aliphatic heterocycles. The van der Waals surface area contributed by atoms with Crippen molar-refractivity contribution in [2.45, 2.75) is 6.54 Å². The third kappa shape index (κ3) is 3.49. The normalized spacial score (nSPS) is 16.4. The largest absolute Gasteiger partial charge is 0.497 e. The van der Waals surface area contributed by atoms with E-state index in [1.54, 1.807) is 7.11 Å². The van der Waals surface area contributed by atoms with Gasteiger partial charge in [0.05, 0.1) is 33.3 Å². The minimum absolute atomic E-state index is 0.0577. The smallest absolute Gasteiger partial charge is 0.270 e. The molecule has 1 fully saturated rings. The van der Waals surface area contributed by atoms with Crippen LogP contribution in [0.15, 0.2) is 42.5 Å². The summed E-state index contributed by atoms with van der Waals surface area (Å²) in [5.41, 5.74) is 2.78. The average molecular weight is 394 g/mol. The van der Waals surface area contributed by atoms with Gasteiger partial charge in [-0.2, -0.15) is 0 Å². The molecule has 0 spiro atoms. The van der Waals surface area contributed by atoms with E-state index in [1.165, 1.54) is 10.5 Å². The molecule has 2 N–H and O–H groups in total. The zero-order valence-corrected chi connectivity index (χ0v) is 16.4. The van der Waals surface area contributed by atoms with Crippen molar-refractivity contribution in [3.8, 4) is 17.2 Å². The topological polar surface area (TPSA) is 68.2 Å². The van der Waals surface area contributed by atoms with E-state index in [4.69, 9.17) is 14.2 Å². The third-order valence-electron chi connectivity index (χ3n) is 5.71. The Hall–Kier alpha value is -3.19. The van der Waals surface area contributed by atoms with Gasteiger partial charge in [-0.25, -0.2) is 0 Å². The summed E-state index contributed by atoms with van der Waals surface area (Å²) in [6, 6.07) is 13.8. The van der Waals surface area contributed by atoms with Crippen LogP contribution in [0.2, 0.25) is 0 Å². The van der Waals surface area contributed by atoms with E-state index in [9.17, 15) is 4.79 Å². The van der Waals surface area contributed by atoms with E-state index in [2.05, 4.69) is 17.1 Å². The number of methoxy groups -OCH3 is 1. The Bertz CT molecular complexity index is 1050. The van der Waals surface area contributed by atoms with Crippen LogP contribution >= 0.6 is 0 Å². The number of hydrogen-bond donors (Lipinski definition) is 2. The molecule has 2 aliphatic rings. The molecular formula is C22H24N3O4+. The molecule has 1 aromatic heterocycles. The van der Waals surface area contributed by atoms with E-state index >= 15 is 0 Å². The summed E-state index contributed by atoms with van der Waals surface area (Å²) in [6.45, 7) is 4.56. The zero-order valence-electron chi connectivity index (χ0n) is 16.4. The molecule has 3 heterocycles. The maximum Gasteiger partial charge on any atom is 0.270 e. The second-order valence-electron chi connectivity index (χ2n) is 7.54. The predicted molar refractivity (Wildman–Crippen MR) is 108 cm³/mol. The van der Waals surface area contributed by atoms with Crippen LogP contribution in [0, 0.1) is 0 Å². The minimum atomic E-state index is 0.0577. The lowest BCUT2D eigenvalue weighted by Gasteiger charge is -2.32. The van der Waals surface area contributed by atoms with Crippen LogP contribution in [0.3, 0.4) is 0 Å². The molecule has 3 aromatic rings. The van der Waals surface area contributed by atoms with Crippen molar-refractivity contribution in [1.29, 1.82) is 0 Å². The van der Waals surface area contributed by atoms with E-state index in [1.807, 2.05) is 35.2 Å². The molecule has 0 atom stereocenters. The number of carbonyl (C=O) groups excluding carboxylic acids is 1. The van der Waals surface area contributed by atoms with Crippen molar-refractivity contribution < 1.29 is 23.9 Å². The second kappa shape index (κ2) is 7.33. The quantitative estimate of drug-likeness (QED) is 0.703. The summed E-state index contributed by atoms with van der Waals surface area (Å²) >= 11 is 0. The fraction of sp³-hybridized carbons (Fsp3) is 0.318. The number of rotatable bonds is 4. The van der Waals surface area contributed by atoms with Crippen LogP contribution in [0.25, 0.3) is 10.9 Å². The second-order valence-corrected chi connectivity index (χ2v) is 7.54. The summed E-state index contributed by atoms with van der Waals surface area (Å²) in [4.78, 5) is 19.6. The molecule has 5 rings (SSSR count). The highest BCUT2D eigenvalue weighted by molar-refractivity contribution is 5.98. The van der Waals surface area contributed by atoms with Crippen LogP contribution < -0.4 is 19.1 Å². The Morgan fingerprint density at radius 2 is 1.93 bits per heavy atom.